The quantitative estimate of drug-likeness (QED) is 0.869. The van der Waals surface area contributed by atoms with Gasteiger partial charge in [-0.05, 0) is 41.0 Å². The fourth-order valence-corrected chi connectivity index (χ4v) is 3.05. The number of carbonyl (C=O) groups excluding carboxylic acids is 1. The molecule has 3 rings (SSSR count). The van der Waals surface area contributed by atoms with Crippen LogP contribution in [0.2, 0.25) is 10.0 Å². The summed E-state index contributed by atoms with van der Waals surface area (Å²) < 4.78 is 0. The molecule has 2 aromatic rings. The van der Waals surface area contributed by atoms with Gasteiger partial charge in [0, 0.05) is 40.7 Å². The third kappa shape index (κ3) is 3.34. The molecule has 112 valence electrons. The number of hydrogen-bond donors (Lipinski definition) is 1. The number of ketones is 1. The van der Waals surface area contributed by atoms with Gasteiger partial charge in [0.25, 0.3) is 0 Å². The number of nitrogens with one attached hydrogen (secondary N) is 1. The van der Waals surface area contributed by atoms with Crippen LogP contribution < -0.4 is 5.32 Å². The smallest absolute Gasteiger partial charge is 0.141 e. The summed E-state index contributed by atoms with van der Waals surface area (Å²) in [7, 11) is 0. The van der Waals surface area contributed by atoms with Gasteiger partial charge in [-0.2, -0.15) is 0 Å². The van der Waals surface area contributed by atoms with Gasteiger partial charge < -0.3 is 5.32 Å². The van der Waals surface area contributed by atoms with Crippen molar-refractivity contribution in [3.05, 3.63) is 75.4 Å². The Morgan fingerprint density at radius 3 is 2.77 bits per heavy atom. The Hall–Kier alpha value is -1.77. The van der Waals surface area contributed by atoms with Crippen molar-refractivity contribution in [2.75, 3.05) is 5.32 Å². The molecule has 1 N–H and O–H groups in total. The van der Waals surface area contributed by atoms with Gasteiger partial charge in [0.05, 0.1) is 0 Å². The zero-order valence-electron chi connectivity index (χ0n) is 12.0. The second-order valence-corrected chi connectivity index (χ2v) is 6.37. The number of halogens is 2. The van der Waals surface area contributed by atoms with E-state index in [0.29, 0.717) is 22.9 Å². The van der Waals surface area contributed by atoms with E-state index in [-0.39, 0.29) is 5.78 Å². The third-order valence-electron chi connectivity index (χ3n) is 3.68. The summed E-state index contributed by atoms with van der Waals surface area (Å²) in [5.41, 5.74) is 5.05. The van der Waals surface area contributed by atoms with E-state index >= 15 is 0 Å². The second-order valence-electron chi connectivity index (χ2n) is 5.52. The topological polar surface area (TPSA) is 29.1 Å². The third-order valence-corrected chi connectivity index (χ3v) is 4.29. The first kappa shape index (κ1) is 15.1. The van der Waals surface area contributed by atoms with Gasteiger partial charge in [-0.15, -0.1) is 0 Å². The van der Waals surface area contributed by atoms with E-state index in [1.54, 1.807) is 18.2 Å². The largest absolute Gasteiger partial charge is 0.359 e. The Balaban J connectivity index is 1.71. The van der Waals surface area contributed by atoms with E-state index in [0.717, 1.165) is 28.9 Å². The molecule has 0 fully saturated rings. The van der Waals surface area contributed by atoms with Crippen LogP contribution in [-0.2, 0) is 24.1 Å². The monoisotopic (exact) mass is 331 g/mol. The van der Waals surface area contributed by atoms with E-state index in [2.05, 4.69) is 18.0 Å². The minimum atomic E-state index is 0.119. The Kier molecular flexibility index (Phi) is 4.23. The van der Waals surface area contributed by atoms with Gasteiger partial charge >= 0.3 is 0 Å². The molecule has 0 spiro atoms. The van der Waals surface area contributed by atoms with Crippen LogP contribution in [0.4, 0.5) is 5.69 Å². The lowest BCUT2D eigenvalue weighted by Gasteiger charge is -2.06. The first-order valence-electron chi connectivity index (χ1n) is 7.03. The maximum Gasteiger partial charge on any atom is 0.141 e. The van der Waals surface area contributed by atoms with Crippen molar-refractivity contribution in [1.82, 2.24) is 0 Å². The lowest BCUT2D eigenvalue weighted by Crippen LogP contribution is -2.07. The lowest BCUT2D eigenvalue weighted by atomic mass is 10.0. The van der Waals surface area contributed by atoms with Gasteiger partial charge in [-0.3, -0.25) is 4.79 Å². The average molecular weight is 332 g/mol. The summed E-state index contributed by atoms with van der Waals surface area (Å²) >= 11 is 12.1. The van der Waals surface area contributed by atoms with Gasteiger partial charge in [0.2, 0.25) is 0 Å². The molecule has 0 saturated carbocycles. The van der Waals surface area contributed by atoms with Crippen molar-refractivity contribution in [1.29, 1.82) is 0 Å². The molecule has 22 heavy (non-hydrogen) atoms. The normalized spacial score (nSPS) is 12.9. The number of anilines is 1. The molecule has 0 saturated heterocycles. The molecule has 0 unspecified atom stereocenters. The summed E-state index contributed by atoms with van der Waals surface area (Å²) in [5.74, 6) is 0.119. The average Bonchev–Trinajstić information content (AvgIpc) is 2.82. The first-order chi connectivity index (χ1) is 10.5. The summed E-state index contributed by atoms with van der Waals surface area (Å²) in [4.78, 5) is 12.3. The number of fused-ring (bicyclic) bond motifs is 1. The second kappa shape index (κ2) is 6.15. The molecule has 0 bridgehead atoms. The van der Waals surface area contributed by atoms with Gasteiger partial charge in [-0.1, -0.05) is 41.9 Å². The number of Topliss-reactive ketones (excluding diaryl/α,β-unsaturated/α-hetero) is 1. The SMILES string of the molecule is C=C1Cc2cc(CC(=O)Cc3cc(Cl)ccc3Cl)ccc2N1. The maximum absolute atomic E-state index is 12.3. The van der Waals surface area contributed by atoms with Crippen LogP contribution in [0.15, 0.2) is 48.7 Å². The predicted octanol–water partition coefficient (Wildman–Crippen LogP) is 4.83. The molecule has 4 heteroatoms. The van der Waals surface area contributed by atoms with Gasteiger partial charge in [0.1, 0.15) is 5.78 Å². The van der Waals surface area contributed by atoms with Crippen molar-refractivity contribution in [3.8, 4) is 0 Å². The molecule has 2 nitrogen and oxygen atoms in total. The van der Waals surface area contributed by atoms with E-state index in [1.807, 2.05) is 12.1 Å². The van der Waals surface area contributed by atoms with E-state index in [1.165, 1.54) is 5.56 Å². The van der Waals surface area contributed by atoms with Crippen molar-refractivity contribution in [2.24, 2.45) is 0 Å². The summed E-state index contributed by atoms with van der Waals surface area (Å²) in [6, 6.07) is 11.2. The predicted molar refractivity (Wildman–Crippen MR) is 91.8 cm³/mol. The lowest BCUT2D eigenvalue weighted by molar-refractivity contribution is -0.117. The van der Waals surface area contributed by atoms with Crippen LogP contribution in [0.25, 0.3) is 0 Å². The molecular weight excluding hydrogens is 317 g/mol. The number of rotatable bonds is 4. The molecule has 1 aliphatic heterocycles. The van der Waals surface area contributed by atoms with Crippen molar-refractivity contribution in [2.45, 2.75) is 19.3 Å². The van der Waals surface area contributed by atoms with Gasteiger partial charge in [-0.25, -0.2) is 0 Å². The highest BCUT2D eigenvalue weighted by Gasteiger charge is 2.15. The molecule has 1 heterocycles. The Morgan fingerprint density at radius 2 is 1.95 bits per heavy atom. The summed E-state index contributed by atoms with van der Waals surface area (Å²) in [5, 5.41) is 4.39. The first-order valence-corrected chi connectivity index (χ1v) is 7.79. The van der Waals surface area contributed by atoms with Crippen molar-refractivity contribution < 1.29 is 4.79 Å². The molecule has 0 atom stereocenters. The van der Waals surface area contributed by atoms with Crippen LogP contribution in [-0.4, -0.2) is 5.78 Å². The minimum Gasteiger partial charge on any atom is -0.359 e. The van der Waals surface area contributed by atoms with Crippen molar-refractivity contribution >= 4 is 34.7 Å². The number of benzene rings is 2. The van der Waals surface area contributed by atoms with Crippen molar-refractivity contribution in [3.63, 3.8) is 0 Å². The van der Waals surface area contributed by atoms with E-state index in [4.69, 9.17) is 23.2 Å². The molecule has 0 aromatic heterocycles. The highest BCUT2D eigenvalue weighted by atomic mass is 35.5. The van der Waals surface area contributed by atoms with Crippen LogP contribution >= 0.6 is 23.2 Å². The highest BCUT2D eigenvalue weighted by molar-refractivity contribution is 6.33. The fraction of sp³-hybridized carbons (Fsp3) is 0.167. The molecule has 0 aliphatic carbocycles. The summed E-state index contributed by atoms with van der Waals surface area (Å²) in [6.07, 6.45) is 1.50. The Bertz CT molecular complexity index is 768. The number of hydrogen-bond acceptors (Lipinski definition) is 2. The molecule has 0 radical (unpaired) electrons. The fourth-order valence-electron chi connectivity index (χ4n) is 2.67. The number of allylic oxidation sites excluding steroid dienone is 1. The highest BCUT2D eigenvalue weighted by Crippen LogP contribution is 2.28. The maximum atomic E-state index is 12.3. The van der Waals surface area contributed by atoms with Gasteiger partial charge in [0.15, 0.2) is 0 Å². The number of carbonyl (C=O) groups is 1. The van der Waals surface area contributed by atoms with Crippen LogP contribution in [0.1, 0.15) is 16.7 Å². The minimum absolute atomic E-state index is 0.119. The summed E-state index contributed by atoms with van der Waals surface area (Å²) in [6.45, 7) is 3.93. The Morgan fingerprint density at radius 1 is 1.14 bits per heavy atom. The van der Waals surface area contributed by atoms with Crippen LogP contribution in [0.5, 0.6) is 0 Å². The van der Waals surface area contributed by atoms with Crippen LogP contribution in [0, 0.1) is 0 Å². The zero-order chi connectivity index (χ0) is 15.7. The standard InChI is InChI=1S/C18H15Cl2NO/c1-11-6-14-7-12(2-5-18(14)21-11)8-16(22)10-13-9-15(19)3-4-17(13)20/h2-5,7,9,21H,1,6,8,10H2. The molecular formula is C18H15Cl2NO. The molecule has 2 aromatic carbocycles. The molecule has 0 amide bonds. The van der Waals surface area contributed by atoms with E-state index in [9.17, 15) is 4.79 Å². The Labute approximate surface area is 139 Å². The van der Waals surface area contributed by atoms with E-state index < -0.39 is 0 Å². The zero-order valence-corrected chi connectivity index (χ0v) is 13.5. The van der Waals surface area contributed by atoms with Crippen LogP contribution in [0.3, 0.4) is 0 Å². The molecule has 1 aliphatic rings.